The van der Waals surface area contributed by atoms with Gasteiger partial charge in [-0.25, -0.2) is 0 Å². The summed E-state index contributed by atoms with van der Waals surface area (Å²) in [6.07, 6.45) is 0.803. The van der Waals surface area contributed by atoms with E-state index in [1.54, 1.807) is 18.9 Å². The van der Waals surface area contributed by atoms with Gasteiger partial charge in [0.1, 0.15) is 17.3 Å². The lowest BCUT2D eigenvalue weighted by molar-refractivity contribution is -0.130. The van der Waals surface area contributed by atoms with Gasteiger partial charge in [0, 0.05) is 64.7 Å². The van der Waals surface area contributed by atoms with Crippen LogP contribution >= 0.6 is 0 Å². The van der Waals surface area contributed by atoms with Crippen molar-refractivity contribution in [1.29, 1.82) is 0 Å². The molecule has 0 aliphatic carbocycles. The summed E-state index contributed by atoms with van der Waals surface area (Å²) in [6.45, 7) is 8.17. The number of nitrogens with zero attached hydrogens (tertiary/aromatic N) is 3. The maximum absolute atomic E-state index is 13.3. The summed E-state index contributed by atoms with van der Waals surface area (Å²) in [4.78, 5) is 30.9. The Labute approximate surface area is 177 Å². The highest BCUT2D eigenvalue weighted by atomic mass is 16.5. The summed E-state index contributed by atoms with van der Waals surface area (Å²) in [5.41, 5.74) is 2.94. The molecule has 0 bridgehead atoms. The SMILES string of the molecule is COc1ccc(CN2CCc3oc(C)c(C(=O)N4CCN(C(C)=O)CC4)c3C2)cc1. The van der Waals surface area contributed by atoms with Crippen molar-refractivity contribution in [2.45, 2.75) is 33.4 Å². The van der Waals surface area contributed by atoms with Gasteiger partial charge >= 0.3 is 0 Å². The summed E-state index contributed by atoms with van der Waals surface area (Å²) in [5, 5.41) is 0. The van der Waals surface area contributed by atoms with E-state index in [2.05, 4.69) is 17.0 Å². The Balaban J connectivity index is 1.47. The lowest BCUT2D eigenvalue weighted by Crippen LogP contribution is -2.50. The molecule has 160 valence electrons. The van der Waals surface area contributed by atoms with Crippen LogP contribution in [0.3, 0.4) is 0 Å². The minimum absolute atomic E-state index is 0.0204. The van der Waals surface area contributed by atoms with Crippen LogP contribution in [0.15, 0.2) is 28.7 Å². The number of hydrogen-bond acceptors (Lipinski definition) is 5. The number of carbonyl (C=O) groups excluding carboxylic acids is 2. The summed E-state index contributed by atoms with van der Waals surface area (Å²) in [7, 11) is 1.67. The Morgan fingerprint density at radius 3 is 2.33 bits per heavy atom. The average molecular weight is 412 g/mol. The summed E-state index contributed by atoms with van der Waals surface area (Å²) < 4.78 is 11.2. The first-order valence-corrected chi connectivity index (χ1v) is 10.5. The van der Waals surface area contributed by atoms with Crippen molar-refractivity contribution in [2.75, 3.05) is 39.8 Å². The van der Waals surface area contributed by atoms with Gasteiger partial charge in [0.25, 0.3) is 5.91 Å². The van der Waals surface area contributed by atoms with Crippen LogP contribution in [0.25, 0.3) is 0 Å². The minimum atomic E-state index is 0.0204. The van der Waals surface area contributed by atoms with Crippen molar-refractivity contribution in [3.8, 4) is 5.75 Å². The molecule has 4 rings (SSSR count). The minimum Gasteiger partial charge on any atom is -0.497 e. The first kappa shape index (κ1) is 20.5. The van der Waals surface area contributed by atoms with Crippen molar-refractivity contribution in [2.24, 2.45) is 0 Å². The van der Waals surface area contributed by atoms with Crippen LogP contribution in [0, 0.1) is 6.92 Å². The molecule has 30 heavy (non-hydrogen) atoms. The molecule has 2 aliphatic rings. The van der Waals surface area contributed by atoms with Crippen LogP contribution in [-0.2, 0) is 24.3 Å². The van der Waals surface area contributed by atoms with Crippen molar-refractivity contribution in [1.82, 2.24) is 14.7 Å². The predicted octanol–water partition coefficient (Wildman–Crippen LogP) is 2.46. The summed E-state index contributed by atoms with van der Waals surface area (Å²) >= 11 is 0. The molecule has 1 fully saturated rings. The molecule has 0 unspecified atom stereocenters. The monoisotopic (exact) mass is 411 g/mol. The molecule has 0 saturated carbocycles. The molecule has 7 nitrogen and oxygen atoms in total. The van der Waals surface area contributed by atoms with Gasteiger partial charge in [-0.1, -0.05) is 12.1 Å². The van der Waals surface area contributed by atoms with Gasteiger partial charge in [-0.15, -0.1) is 0 Å². The maximum Gasteiger partial charge on any atom is 0.257 e. The third kappa shape index (κ3) is 4.07. The predicted molar refractivity (Wildman–Crippen MR) is 112 cm³/mol. The third-order valence-corrected chi connectivity index (χ3v) is 6.09. The molecule has 3 heterocycles. The molecule has 1 aromatic carbocycles. The molecule has 7 heteroatoms. The number of carbonyl (C=O) groups is 2. The van der Waals surface area contributed by atoms with Crippen LogP contribution in [0.5, 0.6) is 5.75 Å². The Morgan fingerprint density at radius 1 is 1.03 bits per heavy atom. The number of aryl methyl sites for hydroxylation is 1. The molecular formula is C23H29N3O4. The molecule has 2 aliphatic heterocycles. The number of hydrogen-bond donors (Lipinski definition) is 0. The van der Waals surface area contributed by atoms with E-state index in [4.69, 9.17) is 9.15 Å². The Kier molecular flexibility index (Phi) is 5.81. The Morgan fingerprint density at radius 2 is 1.70 bits per heavy atom. The van der Waals surface area contributed by atoms with Gasteiger partial charge < -0.3 is 19.0 Å². The normalized spacial score (nSPS) is 17.0. The lowest BCUT2D eigenvalue weighted by Gasteiger charge is -2.34. The first-order valence-electron chi connectivity index (χ1n) is 10.5. The lowest BCUT2D eigenvalue weighted by atomic mass is 10.0. The van der Waals surface area contributed by atoms with E-state index >= 15 is 0 Å². The fourth-order valence-corrected chi connectivity index (χ4v) is 4.37. The number of amides is 2. The second kappa shape index (κ2) is 8.52. The van der Waals surface area contributed by atoms with Gasteiger partial charge in [-0.3, -0.25) is 14.5 Å². The third-order valence-electron chi connectivity index (χ3n) is 6.09. The average Bonchev–Trinajstić information content (AvgIpc) is 3.09. The standard InChI is InChI=1S/C23H29N3O4/c1-16-22(23(28)26-12-10-25(11-13-26)17(2)27)20-15-24(9-8-21(20)30-16)14-18-4-6-19(29-3)7-5-18/h4-7H,8-15H2,1-3H3. The van der Waals surface area contributed by atoms with Crippen LogP contribution in [-0.4, -0.2) is 66.3 Å². The zero-order valence-corrected chi connectivity index (χ0v) is 17.9. The fourth-order valence-electron chi connectivity index (χ4n) is 4.37. The molecule has 0 radical (unpaired) electrons. The summed E-state index contributed by atoms with van der Waals surface area (Å²) in [6, 6.07) is 8.11. The highest BCUT2D eigenvalue weighted by Crippen LogP contribution is 2.30. The van der Waals surface area contributed by atoms with Crippen LogP contribution in [0.2, 0.25) is 0 Å². The molecule has 2 aromatic rings. The molecule has 2 amide bonds. The zero-order chi connectivity index (χ0) is 21.3. The number of ether oxygens (including phenoxy) is 1. The van der Waals surface area contributed by atoms with E-state index in [0.717, 1.165) is 36.6 Å². The van der Waals surface area contributed by atoms with Gasteiger partial charge in [-0.2, -0.15) is 0 Å². The quantitative estimate of drug-likeness (QED) is 0.773. The topological polar surface area (TPSA) is 66.2 Å². The molecule has 1 saturated heterocycles. The maximum atomic E-state index is 13.3. The van der Waals surface area contributed by atoms with Gasteiger partial charge in [-0.05, 0) is 24.6 Å². The highest BCUT2D eigenvalue weighted by Gasteiger charge is 2.32. The van der Waals surface area contributed by atoms with E-state index in [0.29, 0.717) is 44.0 Å². The van der Waals surface area contributed by atoms with Crippen molar-refractivity contribution < 1.29 is 18.7 Å². The van der Waals surface area contributed by atoms with Gasteiger partial charge in [0.15, 0.2) is 0 Å². The van der Waals surface area contributed by atoms with E-state index in [1.807, 2.05) is 24.0 Å². The zero-order valence-electron chi connectivity index (χ0n) is 17.9. The first-order chi connectivity index (χ1) is 14.5. The van der Waals surface area contributed by atoms with Gasteiger partial charge in [0.2, 0.25) is 5.91 Å². The van der Waals surface area contributed by atoms with E-state index < -0.39 is 0 Å². The smallest absolute Gasteiger partial charge is 0.257 e. The molecule has 0 atom stereocenters. The van der Waals surface area contributed by atoms with E-state index in [9.17, 15) is 9.59 Å². The second-order valence-electron chi connectivity index (χ2n) is 8.04. The molecule has 1 aromatic heterocycles. The van der Waals surface area contributed by atoms with Crippen molar-refractivity contribution in [3.05, 3.63) is 52.5 Å². The summed E-state index contributed by atoms with van der Waals surface area (Å²) in [5.74, 6) is 2.57. The van der Waals surface area contributed by atoms with Crippen molar-refractivity contribution in [3.63, 3.8) is 0 Å². The number of rotatable bonds is 4. The number of benzene rings is 1. The largest absolute Gasteiger partial charge is 0.497 e. The number of methoxy groups -OCH3 is 1. The van der Waals surface area contributed by atoms with E-state index in [1.165, 1.54) is 5.56 Å². The van der Waals surface area contributed by atoms with Gasteiger partial charge in [0.05, 0.1) is 12.7 Å². The number of piperazine rings is 1. The Hall–Kier alpha value is -2.80. The number of fused-ring (bicyclic) bond motifs is 1. The molecular weight excluding hydrogens is 382 g/mol. The number of furan rings is 1. The van der Waals surface area contributed by atoms with Crippen LogP contribution in [0.4, 0.5) is 0 Å². The van der Waals surface area contributed by atoms with Crippen molar-refractivity contribution >= 4 is 11.8 Å². The van der Waals surface area contributed by atoms with E-state index in [-0.39, 0.29) is 11.8 Å². The van der Waals surface area contributed by atoms with Crippen LogP contribution < -0.4 is 4.74 Å². The molecule has 0 N–H and O–H groups in total. The Bertz CT molecular complexity index is 927. The highest BCUT2D eigenvalue weighted by molar-refractivity contribution is 5.97. The fraction of sp³-hybridized carbons (Fsp3) is 0.478. The molecule has 0 spiro atoms. The second-order valence-corrected chi connectivity index (χ2v) is 8.04. The van der Waals surface area contributed by atoms with Crippen LogP contribution in [0.1, 0.15) is 39.9 Å².